The van der Waals surface area contributed by atoms with Gasteiger partial charge in [-0.1, -0.05) is 25.0 Å². The third-order valence-electron chi connectivity index (χ3n) is 7.01. The van der Waals surface area contributed by atoms with E-state index in [1.807, 2.05) is 16.8 Å². The second kappa shape index (κ2) is 11.1. The van der Waals surface area contributed by atoms with E-state index in [1.54, 1.807) is 32.0 Å². The van der Waals surface area contributed by atoms with Crippen LogP contribution in [0.25, 0.3) is 0 Å². The molecule has 8 nitrogen and oxygen atoms in total. The molecule has 38 heavy (non-hydrogen) atoms. The number of nitriles is 1. The summed E-state index contributed by atoms with van der Waals surface area (Å²) < 4.78 is 33.3. The van der Waals surface area contributed by atoms with Crippen molar-refractivity contribution in [1.82, 2.24) is 20.4 Å². The lowest BCUT2D eigenvalue weighted by Gasteiger charge is -2.23. The maximum absolute atomic E-state index is 13.2. The number of benzene rings is 1. The van der Waals surface area contributed by atoms with Gasteiger partial charge in [0.2, 0.25) is 5.91 Å². The zero-order valence-corrected chi connectivity index (χ0v) is 22.2. The molecule has 1 aromatic heterocycles. The van der Waals surface area contributed by atoms with Crippen molar-refractivity contribution in [2.24, 2.45) is 11.3 Å². The molecule has 1 fully saturated rings. The molecule has 0 spiro atoms. The molecular formula is C28H35F2N5O3. The molecule has 4 rings (SSSR count). The van der Waals surface area contributed by atoms with Gasteiger partial charge in [-0.05, 0) is 56.7 Å². The topological polar surface area (TPSA) is 109 Å². The SMILES string of the molecule is CC(F)(F)COc1cccc(CCC2Cc3nn(CCC4CC4)c(CNC(=O)C(C)(C)C#N)c3C(=O)N2)c1. The Morgan fingerprint density at radius 1 is 1.29 bits per heavy atom. The van der Waals surface area contributed by atoms with Crippen LogP contribution in [-0.4, -0.2) is 40.2 Å². The molecule has 2 N–H and O–H groups in total. The van der Waals surface area contributed by atoms with Crippen molar-refractivity contribution in [3.05, 3.63) is 46.8 Å². The molecular weight excluding hydrogens is 492 g/mol. The summed E-state index contributed by atoms with van der Waals surface area (Å²) in [4.78, 5) is 25.7. The van der Waals surface area contributed by atoms with Gasteiger partial charge in [0.15, 0.2) is 6.61 Å². The van der Waals surface area contributed by atoms with Crippen LogP contribution in [-0.2, 0) is 30.7 Å². The minimum atomic E-state index is -2.91. The Morgan fingerprint density at radius 3 is 2.74 bits per heavy atom. The van der Waals surface area contributed by atoms with E-state index in [-0.39, 0.29) is 18.5 Å². The fraction of sp³-hybridized carbons (Fsp3) is 0.571. The first-order valence-electron chi connectivity index (χ1n) is 13.1. The van der Waals surface area contributed by atoms with E-state index in [9.17, 15) is 23.6 Å². The largest absolute Gasteiger partial charge is 0.487 e. The number of alkyl halides is 2. The van der Waals surface area contributed by atoms with Crippen molar-refractivity contribution in [3.63, 3.8) is 0 Å². The Labute approximate surface area is 221 Å². The highest BCUT2D eigenvalue weighted by Gasteiger charge is 2.33. The Balaban J connectivity index is 1.44. The van der Waals surface area contributed by atoms with Crippen LogP contribution in [0.5, 0.6) is 5.75 Å². The van der Waals surface area contributed by atoms with Crippen LogP contribution in [0, 0.1) is 22.7 Å². The molecule has 2 amide bonds. The fourth-order valence-corrected chi connectivity index (χ4v) is 4.53. The number of aromatic nitrogens is 2. The van der Waals surface area contributed by atoms with E-state index in [0.29, 0.717) is 54.4 Å². The number of aryl methyl sites for hydroxylation is 2. The summed E-state index contributed by atoms with van der Waals surface area (Å²) in [5.41, 5.74) is 1.63. The number of nitrogens with zero attached hydrogens (tertiary/aromatic N) is 3. The Kier molecular flexibility index (Phi) is 8.05. The highest BCUT2D eigenvalue weighted by molar-refractivity contribution is 5.98. The second-order valence-electron chi connectivity index (χ2n) is 11.1. The van der Waals surface area contributed by atoms with Gasteiger partial charge in [0.25, 0.3) is 11.8 Å². The number of nitrogens with one attached hydrogen (secondary N) is 2. The first-order valence-corrected chi connectivity index (χ1v) is 13.1. The molecule has 204 valence electrons. The quantitative estimate of drug-likeness (QED) is 0.431. The molecule has 0 saturated heterocycles. The van der Waals surface area contributed by atoms with Crippen molar-refractivity contribution >= 4 is 11.8 Å². The molecule has 2 aromatic rings. The van der Waals surface area contributed by atoms with Gasteiger partial charge in [-0.25, -0.2) is 8.78 Å². The van der Waals surface area contributed by atoms with Gasteiger partial charge in [-0.2, -0.15) is 10.4 Å². The number of rotatable bonds is 12. The first kappa shape index (κ1) is 27.6. The standard InChI is InChI=1S/C28H35F2N5O3/c1-27(2,16-31)26(37)32-15-23-24-22(34-35(23)12-11-18-7-8-18)14-20(33-25(24)36)10-9-19-5-4-6-21(13-19)38-17-28(3,29)30/h4-6,13,18,20H,7-12,14-15,17H2,1-3H3,(H,32,37)(H,33,36). The average Bonchev–Trinajstić information content (AvgIpc) is 3.63. The van der Waals surface area contributed by atoms with Gasteiger partial charge in [0, 0.05) is 25.9 Å². The number of hydrogen-bond donors (Lipinski definition) is 2. The lowest BCUT2D eigenvalue weighted by atomic mass is 9.94. The number of carbonyl (C=O) groups is 2. The van der Waals surface area contributed by atoms with Crippen molar-refractivity contribution in [3.8, 4) is 11.8 Å². The highest BCUT2D eigenvalue weighted by atomic mass is 19.3. The number of carbonyl (C=O) groups excluding carboxylic acids is 2. The third-order valence-corrected chi connectivity index (χ3v) is 7.01. The molecule has 0 bridgehead atoms. The van der Waals surface area contributed by atoms with Crippen molar-refractivity contribution in [2.45, 2.75) is 84.4 Å². The number of amides is 2. The van der Waals surface area contributed by atoms with Gasteiger partial charge in [-0.15, -0.1) is 0 Å². The normalized spacial score (nSPS) is 17.4. The molecule has 1 saturated carbocycles. The lowest BCUT2D eigenvalue weighted by Crippen LogP contribution is -2.42. The minimum absolute atomic E-state index is 0.124. The zero-order chi connectivity index (χ0) is 27.5. The van der Waals surface area contributed by atoms with Crippen LogP contribution in [0.4, 0.5) is 8.78 Å². The van der Waals surface area contributed by atoms with Crippen molar-refractivity contribution < 1.29 is 23.1 Å². The summed E-state index contributed by atoms with van der Waals surface area (Å²) in [6, 6.07) is 8.94. The highest BCUT2D eigenvalue weighted by Crippen LogP contribution is 2.33. The van der Waals surface area contributed by atoms with Gasteiger partial charge in [0.1, 0.15) is 11.2 Å². The van der Waals surface area contributed by atoms with Crippen LogP contribution < -0.4 is 15.4 Å². The van der Waals surface area contributed by atoms with E-state index in [4.69, 9.17) is 9.84 Å². The first-order chi connectivity index (χ1) is 17.9. The van der Waals surface area contributed by atoms with Crippen LogP contribution >= 0.6 is 0 Å². The molecule has 0 radical (unpaired) electrons. The summed E-state index contributed by atoms with van der Waals surface area (Å²) in [5, 5.41) is 19.9. The van der Waals surface area contributed by atoms with Gasteiger partial charge in [-0.3, -0.25) is 14.3 Å². The Morgan fingerprint density at radius 2 is 2.05 bits per heavy atom. The van der Waals surface area contributed by atoms with Crippen molar-refractivity contribution in [1.29, 1.82) is 5.26 Å². The Hall–Kier alpha value is -3.48. The van der Waals surface area contributed by atoms with Gasteiger partial charge >= 0.3 is 0 Å². The summed E-state index contributed by atoms with van der Waals surface area (Å²) in [5.74, 6) is -2.46. The Bertz CT molecular complexity index is 1220. The second-order valence-corrected chi connectivity index (χ2v) is 11.1. The lowest BCUT2D eigenvalue weighted by molar-refractivity contribution is -0.127. The van der Waals surface area contributed by atoms with E-state index >= 15 is 0 Å². The van der Waals surface area contributed by atoms with Crippen molar-refractivity contribution in [2.75, 3.05) is 6.61 Å². The van der Waals surface area contributed by atoms with E-state index in [2.05, 4.69) is 10.6 Å². The molecule has 1 aromatic carbocycles. The van der Waals surface area contributed by atoms with Crippen LogP contribution in [0.2, 0.25) is 0 Å². The molecule has 1 aliphatic heterocycles. The minimum Gasteiger partial charge on any atom is -0.487 e. The fourth-order valence-electron chi connectivity index (χ4n) is 4.53. The summed E-state index contributed by atoms with van der Waals surface area (Å²) in [6.45, 7) is 4.04. The molecule has 10 heteroatoms. The zero-order valence-electron chi connectivity index (χ0n) is 22.2. The number of fused-ring (bicyclic) bond motifs is 1. The van der Waals surface area contributed by atoms with E-state index < -0.39 is 23.9 Å². The van der Waals surface area contributed by atoms with Gasteiger partial charge < -0.3 is 15.4 Å². The summed E-state index contributed by atoms with van der Waals surface area (Å²) in [6.07, 6.45) is 5.22. The molecule has 1 aliphatic carbocycles. The van der Waals surface area contributed by atoms with Crippen LogP contribution in [0.1, 0.15) is 73.8 Å². The predicted molar refractivity (Wildman–Crippen MR) is 137 cm³/mol. The van der Waals surface area contributed by atoms with Gasteiger partial charge in [0.05, 0.1) is 29.6 Å². The molecule has 2 heterocycles. The summed E-state index contributed by atoms with van der Waals surface area (Å²) in [7, 11) is 0. The number of ether oxygens (including phenoxy) is 1. The maximum atomic E-state index is 13.2. The predicted octanol–water partition coefficient (Wildman–Crippen LogP) is 4.17. The van der Waals surface area contributed by atoms with E-state index in [1.165, 1.54) is 12.8 Å². The van der Waals surface area contributed by atoms with Crippen LogP contribution in [0.15, 0.2) is 24.3 Å². The maximum Gasteiger partial charge on any atom is 0.278 e. The molecule has 1 atom stereocenters. The number of hydrogen-bond acceptors (Lipinski definition) is 5. The number of halogens is 2. The van der Waals surface area contributed by atoms with Crippen LogP contribution in [0.3, 0.4) is 0 Å². The smallest absolute Gasteiger partial charge is 0.278 e. The average molecular weight is 528 g/mol. The summed E-state index contributed by atoms with van der Waals surface area (Å²) >= 11 is 0. The molecule has 2 aliphatic rings. The molecule has 1 unspecified atom stereocenters. The third kappa shape index (κ3) is 7.09. The monoisotopic (exact) mass is 527 g/mol. The van der Waals surface area contributed by atoms with E-state index in [0.717, 1.165) is 18.9 Å².